The zero-order valence-electron chi connectivity index (χ0n) is 12.5. The smallest absolute Gasteiger partial charge is 0.251 e. The molecule has 7 heteroatoms. The Hall–Kier alpha value is -1.44. The Kier molecular flexibility index (Phi) is 4.20. The number of aliphatic hydroxyl groups is 1. The van der Waals surface area contributed by atoms with E-state index in [9.17, 15) is 14.3 Å². The molecule has 23 heavy (non-hydrogen) atoms. The number of halogens is 2. The number of rotatable bonds is 2. The maximum Gasteiger partial charge on any atom is 0.251 e. The molecule has 0 saturated heterocycles. The summed E-state index contributed by atoms with van der Waals surface area (Å²) in [5.74, 6) is -0.137. The number of carbonyl (C=O) groups is 1. The number of hydrogen-bond acceptors (Lipinski definition) is 4. The quantitative estimate of drug-likeness (QED) is 0.809. The summed E-state index contributed by atoms with van der Waals surface area (Å²) in [6.45, 7) is 3.53. The Morgan fingerprint density at radius 2 is 2.04 bits per heavy atom. The molecule has 4 nitrogen and oxygen atoms in total. The van der Waals surface area contributed by atoms with E-state index in [1.54, 1.807) is 13.8 Å². The van der Waals surface area contributed by atoms with Crippen LogP contribution >= 0.6 is 27.3 Å². The average molecular weight is 400 g/mol. The lowest BCUT2D eigenvalue weighted by molar-refractivity contribution is -0.0612. The van der Waals surface area contributed by atoms with E-state index in [1.807, 2.05) is 6.07 Å². The summed E-state index contributed by atoms with van der Waals surface area (Å²) < 4.78 is 19.7. The highest BCUT2D eigenvalue weighted by atomic mass is 79.9. The van der Waals surface area contributed by atoms with Gasteiger partial charge in [0.05, 0.1) is 14.7 Å². The fraction of sp³-hybridized carbons (Fsp3) is 0.312. The number of aliphatic hydroxyl groups excluding tert-OH is 1. The van der Waals surface area contributed by atoms with Gasteiger partial charge in [0, 0.05) is 11.6 Å². The van der Waals surface area contributed by atoms with Crippen molar-refractivity contribution in [2.45, 2.75) is 31.6 Å². The third-order valence-electron chi connectivity index (χ3n) is 3.77. The molecule has 1 aromatic heterocycles. The molecular formula is C16H15BrFNO3S. The predicted octanol–water partition coefficient (Wildman–Crippen LogP) is 3.65. The van der Waals surface area contributed by atoms with Crippen molar-refractivity contribution in [3.05, 3.63) is 50.4 Å². The van der Waals surface area contributed by atoms with Crippen molar-refractivity contribution in [1.82, 2.24) is 5.32 Å². The molecule has 122 valence electrons. The molecule has 2 N–H and O–H groups in total. The van der Waals surface area contributed by atoms with Crippen LogP contribution in [0.5, 0.6) is 5.75 Å². The van der Waals surface area contributed by atoms with Gasteiger partial charge in [0.2, 0.25) is 0 Å². The van der Waals surface area contributed by atoms with Gasteiger partial charge in [-0.15, -0.1) is 11.3 Å². The number of carbonyl (C=O) groups excluding carboxylic acids is 1. The zero-order chi connectivity index (χ0) is 16.8. The van der Waals surface area contributed by atoms with Gasteiger partial charge in [-0.1, -0.05) is 0 Å². The van der Waals surface area contributed by atoms with E-state index in [2.05, 4.69) is 21.2 Å². The maximum absolute atomic E-state index is 13.0. The molecule has 1 aliphatic rings. The van der Waals surface area contributed by atoms with Gasteiger partial charge in [-0.05, 0) is 54.0 Å². The van der Waals surface area contributed by atoms with Crippen molar-refractivity contribution >= 4 is 33.2 Å². The average Bonchev–Trinajstić information content (AvgIpc) is 2.83. The second kappa shape index (κ2) is 5.89. The van der Waals surface area contributed by atoms with Gasteiger partial charge in [0.1, 0.15) is 23.3 Å². The minimum absolute atomic E-state index is 0.333. The fourth-order valence-corrected chi connectivity index (χ4v) is 4.14. The summed E-state index contributed by atoms with van der Waals surface area (Å²) in [6, 6.07) is 6.51. The second-order valence-corrected chi connectivity index (χ2v) is 8.35. The van der Waals surface area contributed by atoms with Gasteiger partial charge in [0.15, 0.2) is 0 Å². The van der Waals surface area contributed by atoms with Gasteiger partial charge in [-0.3, -0.25) is 4.79 Å². The van der Waals surface area contributed by atoms with Crippen LogP contribution in [-0.2, 0) is 0 Å². The van der Waals surface area contributed by atoms with E-state index in [4.69, 9.17) is 4.74 Å². The van der Waals surface area contributed by atoms with Crippen LogP contribution in [0, 0.1) is 5.82 Å². The van der Waals surface area contributed by atoms with E-state index in [0.717, 1.165) is 8.66 Å². The molecule has 0 saturated carbocycles. The summed E-state index contributed by atoms with van der Waals surface area (Å²) in [5.41, 5.74) is -0.506. The molecule has 1 aliphatic heterocycles. The largest absolute Gasteiger partial charge is 0.484 e. The van der Waals surface area contributed by atoms with Crippen molar-refractivity contribution in [3.8, 4) is 5.75 Å². The second-order valence-electron chi connectivity index (χ2n) is 5.89. The highest BCUT2D eigenvalue weighted by molar-refractivity contribution is 9.11. The van der Waals surface area contributed by atoms with Gasteiger partial charge in [-0.2, -0.15) is 0 Å². The summed E-state index contributed by atoms with van der Waals surface area (Å²) in [5, 5.41) is 13.4. The number of hydrogen-bond donors (Lipinski definition) is 2. The van der Waals surface area contributed by atoms with Crippen molar-refractivity contribution in [3.63, 3.8) is 0 Å². The molecule has 0 spiro atoms. The summed E-state index contributed by atoms with van der Waals surface area (Å²) in [4.78, 5) is 13.2. The van der Waals surface area contributed by atoms with E-state index >= 15 is 0 Å². The molecule has 0 aliphatic carbocycles. The van der Waals surface area contributed by atoms with Crippen LogP contribution in [0.1, 0.15) is 35.1 Å². The van der Waals surface area contributed by atoms with Gasteiger partial charge >= 0.3 is 0 Å². The number of ether oxygens (including phenoxy) is 1. The Morgan fingerprint density at radius 1 is 1.39 bits per heavy atom. The molecule has 3 rings (SSSR count). The summed E-state index contributed by atoms with van der Waals surface area (Å²) in [6.07, 6.45) is -0.912. The Balaban J connectivity index is 1.91. The van der Waals surface area contributed by atoms with Crippen LogP contribution in [0.25, 0.3) is 0 Å². The van der Waals surface area contributed by atoms with Gasteiger partial charge < -0.3 is 15.2 Å². The van der Waals surface area contributed by atoms with Crippen LogP contribution in [0.3, 0.4) is 0 Å². The first-order valence-electron chi connectivity index (χ1n) is 7.00. The van der Waals surface area contributed by atoms with E-state index in [1.165, 1.54) is 35.6 Å². The normalized spacial score (nSPS) is 22.1. The van der Waals surface area contributed by atoms with Crippen molar-refractivity contribution in [1.29, 1.82) is 0 Å². The highest BCUT2D eigenvalue weighted by Gasteiger charge is 2.44. The molecule has 0 fully saturated rings. The number of fused-ring (bicyclic) bond motifs is 1. The minimum Gasteiger partial charge on any atom is -0.484 e. The van der Waals surface area contributed by atoms with Gasteiger partial charge in [0.25, 0.3) is 5.91 Å². The first kappa shape index (κ1) is 16.4. The standard InChI is InChI=1S/C16H15BrFNO3S/c1-16(2)14(20)12(13-10(22-16)7-11(17)23-13)19-15(21)8-3-5-9(18)6-4-8/h3-7,12,14,20H,1-2H3,(H,19,21). The van der Waals surface area contributed by atoms with Crippen LogP contribution in [0.2, 0.25) is 0 Å². The van der Waals surface area contributed by atoms with E-state index in [0.29, 0.717) is 11.3 Å². The zero-order valence-corrected chi connectivity index (χ0v) is 14.9. The monoisotopic (exact) mass is 399 g/mol. The van der Waals surface area contributed by atoms with Crippen LogP contribution in [0.4, 0.5) is 4.39 Å². The Labute approximate surface area is 145 Å². The van der Waals surface area contributed by atoms with Crippen molar-refractivity contribution in [2.75, 3.05) is 0 Å². The number of thiophene rings is 1. The molecule has 0 bridgehead atoms. The number of nitrogens with one attached hydrogen (secondary N) is 1. The first-order valence-corrected chi connectivity index (χ1v) is 8.61. The highest BCUT2D eigenvalue weighted by Crippen LogP contribution is 2.46. The number of benzene rings is 1. The molecule has 0 radical (unpaired) electrons. The van der Waals surface area contributed by atoms with Crippen molar-refractivity contribution in [2.24, 2.45) is 0 Å². The molecule has 2 atom stereocenters. The summed E-state index contributed by atoms with van der Waals surface area (Å²) in [7, 11) is 0. The lowest BCUT2D eigenvalue weighted by Crippen LogP contribution is -2.53. The topological polar surface area (TPSA) is 58.6 Å². The lowest BCUT2D eigenvalue weighted by atomic mass is 9.90. The Bertz CT molecular complexity index is 744. The molecule has 1 amide bonds. The molecule has 1 aromatic carbocycles. The number of amides is 1. The maximum atomic E-state index is 13.0. The Morgan fingerprint density at radius 3 is 2.70 bits per heavy atom. The molecular weight excluding hydrogens is 385 g/mol. The lowest BCUT2D eigenvalue weighted by Gasteiger charge is -2.40. The van der Waals surface area contributed by atoms with Gasteiger partial charge in [-0.25, -0.2) is 4.39 Å². The fourth-order valence-electron chi connectivity index (χ4n) is 2.51. The first-order chi connectivity index (χ1) is 10.8. The van der Waals surface area contributed by atoms with Crippen LogP contribution in [0.15, 0.2) is 34.1 Å². The molecule has 2 aromatic rings. The minimum atomic E-state index is -0.912. The molecule has 2 unspecified atom stereocenters. The van der Waals surface area contributed by atoms with E-state index in [-0.39, 0.29) is 5.91 Å². The molecule has 2 heterocycles. The summed E-state index contributed by atoms with van der Waals surface area (Å²) >= 11 is 4.80. The predicted molar refractivity (Wildman–Crippen MR) is 89.3 cm³/mol. The SMILES string of the molecule is CC1(C)Oc2cc(Br)sc2C(NC(=O)c2ccc(F)cc2)C1O. The van der Waals surface area contributed by atoms with Crippen LogP contribution < -0.4 is 10.1 Å². The van der Waals surface area contributed by atoms with Crippen molar-refractivity contribution < 1.29 is 19.0 Å². The third-order valence-corrected chi connectivity index (χ3v) is 5.47. The van der Waals surface area contributed by atoms with Crippen LogP contribution in [-0.4, -0.2) is 22.7 Å². The third kappa shape index (κ3) is 3.13. The van der Waals surface area contributed by atoms with E-state index < -0.39 is 23.6 Å².